The van der Waals surface area contributed by atoms with Gasteiger partial charge in [0.25, 0.3) is 0 Å². The highest BCUT2D eigenvalue weighted by Gasteiger charge is 2.33. The largest absolute Gasteiger partial charge is 0.352 e. The lowest BCUT2D eigenvalue weighted by Gasteiger charge is -2.30. The van der Waals surface area contributed by atoms with Crippen LogP contribution in [0.25, 0.3) is 0 Å². The molecular formula is C23H27F2N3O4S. The smallest absolute Gasteiger partial charge is 0.246 e. The molecule has 10 heteroatoms. The third-order valence-corrected chi connectivity index (χ3v) is 7.43. The van der Waals surface area contributed by atoms with Crippen LogP contribution < -0.4 is 10.6 Å². The van der Waals surface area contributed by atoms with E-state index in [1.54, 1.807) is 12.1 Å². The molecule has 2 N–H and O–H groups in total. The molecule has 0 unspecified atom stereocenters. The van der Waals surface area contributed by atoms with E-state index in [0.29, 0.717) is 24.7 Å². The number of hydrogen-bond acceptors (Lipinski definition) is 4. The molecule has 33 heavy (non-hydrogen) atoms. The van der Waals surface area contributed by atoms with E-state index in [-0.39, 0.29) is 43.7 Å². The number of hydrogen-bond donors (Lipinski definition) is 2. The average Bonchev–Trinajstić information content (AvgIpc) is 2.80. The number of benzene rings is 2. The number of nitrogens with one attached hydrogen (secondary N) is 2. The summed E-state index contributed by atoms with van der Waals surface area (Å²) < 4.78 is 53.8. The molecule has 178 valence electrons. The molecular weight excluding hydrogens is 452 g/mol. The van der Waals surface area contributed by atoms with Crippen molar-refractivity contribution in [2.24, 2.45) is 5.92 Å². The number of carbonyl (C=O) groups is 2. The number of halogens is 2. The summed E-state index contributed by atoms with van der Waals surface area (Å²) in [6, 6.07) is 9.47. The van der Waals surface area contributed by atoms with Gasteiger partial charge in [0.2, 0.25) is 21.8 Å². The Hall–Kier alpha value is -2.85. The average molecular weight is 480 g/mol. The summed E-state index contributed by atoms with van der Waals surface area (Å²) in [6.45, 7) is 2.32. The number of sulfonamides is 1. The Bertz CT molecular complexity index is 1100. The lowest BCUT2D eigenvalue weighted by atomic mass is 9.97. The second-order valence-electron chi connectivity index (χ2n) is 7.97. The molecule has 7 nitrogen and oxygen atoms in total. The minimum absolute atomic E-state index is 0.0442. The molecule has 3 rings (SSSR count). The zero-order valence-corrected chi connectivity index (χ0v) is 19.1. The zero-order valence-electron chi connectivity index (χ0n) is 18.3. The Labute approximate surface area is 192 Å². The Balaban J connectivity index is 1.50. The zero-order chi connectivity index (χ0) is 24.0. The van der Waals surface area contributed by atoms with Gasteiger partial charge in [-0.15, -0.1) is 0 Å². The first-order valence-corrected chi connectivity index (χ1v) is 12.3. The summed E-state index contributed by atoms with van der Waals surface area (Å²) in [4.78, 5) is 23.5. The molecule has 2 aromatic rings. The van der Waals surface area contributed by atoms with Crippen molar-refractivity contribution in [3.05, 3.63) is 59.7 Å². The minimum atomic E-state index is -4.18. The maximum absolute atomic E-state index is 14.0. The van der Waals surface area contributed by atoms with Crippen LogP contribution in [0.5, 0.6) is 0 Å². The summed E-state index contributed by atoms with van der Waals surface area (Å²) in [7, 11) is -4.18. The molecule has 1 saturated heterocycles. The van der Waals surface area contributed by atoms with E-state index in [1.165, 1.54) is 0 Å². The van der Waals surface area contributed by atoms with Gasteiger partial charge in [-0.1, -0.05) is 19.1 Å². The molecule has 2 aromatic carbocycles. The molecule has 1 fully saturated rings. The van der Waals surface area contributed by atoms with Gasteiger partial charge in [0.05, 0.1) is 0 Å². The maximum atomic E-state index is 14.0. The van der Waals surface area contributed by atoms with Crippen molar-refractivity contribution in [1.82, 2.24) is 9.62 Å². The SMILES string of the molecule is CCCC(=O)Nc1ccc(CNC(=O)C2CCN(S(=O)(=O)c3cc(F)ccc3F)CC2)cc1. The quantitative estimate of drug-likeness (QED) is 0.607. The predicted octanol–water partition coefficient (Wildman–Crippen LogP) is 3.42. The predicted molar refractivity (Wildman–Crippen MR) is 120 cm³/mol. The molecule has 0 radical (unpaired) electrons. The summed E-state index contributed by atoms with van der Waals surface area (Å²) in [5.41, 5.74) is 1.55. The van der Waals surface area contributed by atoms with Crippen molar-refractivity contribution in [3.8, 4) is 0 Å². The van der Waals surface area contributed by atoms with Gasteiger partial charge in [-0.05, 0) is 55.2 Å². The summed E-state index contributed by atoms with van der Waals surface area (Å²) in [5.74, 6) is -2.45. The Morgan fingerprint density at radius 2 is 1.73 bits per heavy atom. The summed E-state index contributed by atoms with van der Waals surface area (Å²) in [6.07, 6.45) is 1.78. The van der Waals surface area contributed by atoms with Gasteiger partial charge < -0.3 is 10.6 Å². The van der Waals surface area contributed by atoms with E-state index >= 15 is 0 Å². The van der Waals surface area contributed by atoms with Crippen LogP contribution in [0.4, 0.5) is 14.5 Å². The summed E-state index contributed by atoms with van der Waals surface area (Å²) >= 11 is 0. The molecule has 0 spiro atoms. The lowest BCUT2D eigenvalue weighted by Crippen LogP contribution is -2.43. The van der Waals surface area contributed by atoms with Gasteiger partial charge in [0, 0.05) is 37.7 Å². The Kier molecular flexibility index (Phi) is 8.15. The molecule has 0 saturated carbocycles. The number of carbonyl (C=O) groups excluding carboxylic acids is 2. The molecule has 1 aliphatic rings. The van der Waals surface area contributed by atoms with Crippen molar-refractivity contribution < 1.29 is 26.8 Å². The fraction of sp³-hybridized carbons (Fsp3) is 0.391. The Morgan fingerprint density at radius 3 is 2.36 bits per heavy atom. The van der Waals surface area contributed by atoms with Gasteiger partial charge >= 0.3 is 0 Å². The molecule has 0 atom stereocenters. The van der Waals surface area contributed by atoms with E-state index in [1.807, 2.05) is 19.1 Å². The van der Waals surface area contributed by atoms with Crippen LogP contribution >= 0.6 is 0 Å². The highest BCUT2D eigenvalue weighted by Crippen LogP contribution is 2.26. The number of amides is 2. The van der Waals surface area contributed by atoms with E-state index in [9.17, 15) is 26.8 Å². The molecule has 2 amide bonds. The van der Waals surface area contributed by atoms with E-state index in [2.05, 4.69) is 10.6 Å². The van der Waals surface area contributed by atoms with Crippen LogP contribution in [0, 0.1) is 17.6 Å². The summed E-state index contributed by atoms with van der Waals surface area (Å²) in [5, 5.41) is 5.64. The first-order chi connectivity index (χ1) is 15.7. The van der Waals surface area contributed by atoms with Crippen molar-refractivity contribution in [1.29, 1.82) is 0 Å². The van der Waals surface area contributed by atoms with E-state index in [0.717, 1.165) is 28.4 Å². The first-order valence-electron chi connectivity index (χ1n) is 10.8. The topological polar surface area (TPSA) is 95.6 Å². The maximum Gasteiger partial charge on any atom is 0.246 e. The normalized spacial score (nSPS) is 15.2. The van der Waals surface area contributed by atoms with Gasteiger partial charge in [0.15, 0.2) is 0 Å². The standard InChI is InChI=1S/C23H27F2N3O4S/c1-2-3-22(29)27-19-7-4-16(5-8-19)15-26-23(30)17-10-12-28(13-11-17)33(31,32)21-14-18(24)6-9-20(21)25/h4-9,14,17H,2-3,10-13,15H2,1H3,(H,26,30)(H,27,29). The monoisotopic (exact) mass is 479 g/mol. The molecule has 0 bridgehead atoms. The van der Waals surface area contributed by atoms with Crippen molar-refractivity contribution >= 4 is 27.5 Å². The number of rotatable bonds is 8. The number of nitrogens with zero attached hydrogens (tertiary/aromatic N) is 1. The highest BCUT2D eigenvalue weighted by molar-refractivity contribution is 7.89. The highest BCUT2D eigenvalue weighted by atomic mass is 32.2. The van der Waals surface area contributed by atoms with Gasteiger partial charge in [-0.2, -0.15) is 4.31 Å². The van der Waals surface area contributed by atoms with Gasteiger partial charge in [0.1, 0.15) is 16.5 Å². The minimum Gasteiger partial charge on any atom is -0.352 e. The molecule has 0 aromatic heterocycles. The molecule has 0 aliphatic carbocycles. The van der Waals surface area contributed by atoms with E-state index < -0.39 is 26.6 Å². The second kappa shape index (κ2) is 10.8. The second-order valence-corrected chi connectivity index (χ2v) is 9.87. The fourth-order valence-corrected chi connectivity index (χ4v) is 5.21. The fourth-order valence-electron chi connectivity index (χ4n) is 3.66. The lowest BCUT2D eigenvalue weighted by molar-refractivity contribution is -0.126. The van der Waals surface area contributed by atoms with Gasteiger partial charge in [-0.25, -0.2) is 17.2 Å². The molecule has 1 heterocycles. The van der Waals surface area contributed by atoms with Crippen LogP contribution in [-0.4, -0.2) is 37.6 Å². The van der Waals surface area contributed by atoms with Crippen molar-refractivity contribution in [3.63, 3.8) is 0 Å². The van der Waals surface area contributed by atoms with Crippen LogP contribution in [0.2, 0.25) is 0 Å². The first kappa shape index (κ1) is 24.8. The Morgan fingerprint density at radius 1 is 1.06 bits per heavy atom. The third kappa shape index (κ3) is 6.35. The van der Waals surface area contributed by atoms with Gasteiger partial charge in [-0.3, -0.25) is 9.59 Å². The van der Waals surface area contributed by atoms with Crippen molar-refractivity contribution in [2.45, 2.75) is 44.0 Å². The van der Waals surface area contributed by atoms with Crippen LogP contribution in [0.15, 0.2) is 47.4 Å². The van der Waals surface area contributed by atoms with Crippen LogP contribution in [0.3, 0.4) is 0 Å². The van der Waals surface area contributed by atoms with Crippen LogP contribution in [-0.2, 0) is 26.2 Å². The molecule has 1 aliphatic heterocycles. The van der Waals surface area contributed by atoms with E-state index in [4.69, 9.17) is 0 Å². The van der Waals surface area contributed by atoms with Crippen molar-refractivity contribution in [2.75, 3.05) is 18.4 Å². The third-order valence-electron chi connectivity index (χ3n) is 5.52. The number of anilines is 1. The van der Waals surface area contributed by atoms with Crippen LogP contribution in [0.1, 0.15) is 38.2 Å². The number of piperidine rings is 1.